The van der Waals surface area contributed by atoms with Gasteiger partial charge in [0.2, 0.25) is 5.91 Å². The van der Waals surface area contributed by atoms with E-state index in [2.05, 4.69) is 17.2 Å². The van der Waals surface area contributed by atoms with E-state index in [1.54, 1.807) is 0 Å². The van der Waals surface area contributed by atoms with E-state index in [1.165, 1.54) is 11.1 Å². The van der Waals surface area contributed by atoms with E-state index in [0.717, 1.165) is 24.2 Å². The van der Waals surface area contributed by atoms with Crippen molar-refractivity contribution in [2.75, 3.05) is 19.6 Å². The van der Waals surface area contributed by atoms with Crippen molar-refractivity contribution in [1.82, 2.24) is 14.7 Å². The molecule has 0 unspecified atom stereocenters. The highest BCUT2D eigenvalue weighted by Gasteiger charge is 2.23. The Morgan fingerprint density at radius 2 is 1.95 bits per heavy atom. The Labute approximate surface area is 124 Å². The van der Waals surface area contributed by atoms with Crippen LogP contribution in [0.5, 0.6) is 0 Å². The van der Waals surface area contributed by atoms with Gasteiger partial charge in [0.1, 0.15) is 0 Å². The Morgan fingerprint density at radius 1 is 1.24 bits per heavy atom. The van der Waals surface area contributed by atoms with Gasteiger partial charge in [0, 0.05) is 37.7 Å². The normalized spacial score (nSPS) is 14.7. The van der Waals surface area contributed by atoms with Crippen molar-refractivity contribution in [2.24, 2.45) is 12.8 Å². The van der Waals surface area contributed by atoms with Gasteiger partial charge in [-0.25, -0.2) is 0 Å². The molecule has 2 N–H and O–H groups in total. The lowest BCUT2D eigenvalue weighted by molar-refractivity contribution is -0.129. The molecule has 2 heterocycles. The number of hydrogen-bond acceptors (Lipinski definition) is 3. The van der Waals surface area contributed by atoms with Crippen LogP contribution in [0.4, 0.5) is 0 Å². The van der Waals surface area contributed by atoms with Gasteiger partial charge in [0.05, 0.1) is 17.9 Å². The molecule has 0 aliphatic carbocycles. The monoisotopic (exact) mass is 284 g/mol. The summed E-state index contributed by atoms with van der Waals surface area (Å²) in [4.78, 5) is 13.6. The maximum absolute atomic E-state index is 11.8. The van der Waals surface area contributed by atoms with Gasteiger partial charge < -0.3 is 10.6 Å². The lowest BCUT2D eigenvalue weighted by Gasteiger charge is -2.19. The summed E-state index contributed by atoms with van der Waals surface area (Å²) in [5.74, 6) is 0.0192. The van der Waals surface area contributed by atoms with Crippen LogP contribution in [0.3, 0.4) is 0 Å². The fraction of sp³-hybridized carbons (Fsp3) is 0.375. The van der Waals surface area contributed by atoms with Crippen molar-refractivity contribution in [3.05, 3.63) is 41.6 Å². The standard InChI is InChI=1S/C16H20N4O/c1-19-16(12-5-3-2-4-6-12)13-7-9-20(15(21)11-17)10-8-14(13)18-19/h2-6H,7-11,17H2,1H3. The van der Waals surface area contributed by atoms with E-state index in [9.17, 15) is 4.79 Å². The molecule has 1 aliphatic rings. The Kier molecular flexibility index (Phi) is 3.75. The van der Waals surface area contributed by atoms with Crippen LogP contribution in [0.1, 0.15) is 11.3 Å². The number of hydrogen-bond donors (Lipinski definition) is 1. The van der Waals surface area contributed by atoms with E-state index in [4.69, 9.17) is 5.73 Å². The average Bonchev–Trinajstić information content (AvgIpc) is 2.69. The third-order valence-electron chi connectivity index (χ3n) is 4.05. The van der Waals surface area contributed by atoms with E-state index in [1.807, 2.05) is 34.8 Å². The molecule has 0 bridgehead atoms. The van der Waals surface area contributed by atoms with Gasteiger partial charge in [0.25, 0.3) is 0 Å². The fourth-order valence-electron chi connectivity index (χ4n) is 3.02. The predicted molar refractivity (Wildman–Crippen MR) is 81.7 cm³/mol. The quantitative estimate of drug-likeness (QED) is 0.894. The topological polar surface area (TPSA) is 64.2 Å². The van der Waals surface area contributed by atoms with Gasteiger partial charge in [-0.1, -0.05) is 30.3 Å². The van der Waals surface area contributed by atoms with Crippen molar-refractivity contribution < 1.29 is 4.79 Å². The summed E-state index contributed by atoms with van der Waals surface area (Å²) in [6.45, 7) is 1.50. The summed E-state index contributed by atoms with van der Waals surface area (Å²) in [7, 11) is 1.99. The molecule has 21 heavy (non-hydrogen) atoms. The van der Waals surface area contributed by atoms with Gasteiger partial charge in [-0.2, -0.15) is 5.10 Å². The molecule has 1 aliphatic heterocycles. The first-order valence-corrected chi connectivity index (χ1v) is 7.28. The van der Waals surface area contributed by atoms with Gasteiger partial charge in [0.15, 0.2) is 0 Å². The molecular formula is C16H20N4O. The highest BCUT2D eigenvalue weighted by molar-refractivity contribution is 5.78. The lowest BCUT2D eigenvalue weighted by Crippen LogP contribution is -2.37. The van der Waals surface area contributed by atoms with Crippen molar-refractivity contribution in [2.45, 2.75) is 12.8 Å². The second-order valence-corrected chi connectivity index (χ2v) is 5.35. The first-order chi connectivity index (χ1) is 10.2. The summed E-state index contributed by atoms with van der Waals surface area (Å²) in [5.41, 5.74) is 10.2. The molecule has 0 saturated carbocycles. The maximum atomic E-state index is 11.8. The molecule has 3 rings (SSSR count). The second-order valence-electron chi connectivity index (χ2n) is 5.35. The highest BCUT2D eigenvalue weighted by atomic mass is 16.2. The highest BCUT2D eigenvalue weighted by Crippen LogP contribution is 2.28. The smallest absolute Gasteiger partial charge is 0.236 e. The number of nitrogens with zero attached hydrogens (tertiary/aromatic N) is 3. The molecule has 5 nitrogen and oxygen atoms in total. The molecule has 0 fully saturated rings. The van der Waals surface area contributed by atoms with Crippen molar-refractivity contribution in [3.8, 4) is 11.3 Å². The van der Waals surface area contributed by atoms with Crippen molar-refractivity contribution >= 4 is 5.91 Å². The van der Waals surface area contributed by atoms with E-state index in [0.29, 0.717) is 13.1 Å². The van der Waals surface area contributed by atoms with Crippen LogP contribution in [0.25, 0.3) is 11.3 Å². The number of benzene rings is 1. The molecule has 1 aromatic heterocycles. The second kappa shape index (κ2) is 5.69. The van der Waals surface area contributed by atoms with Crippen LogP contribution in [-0.4, -0.2) is 40.2 Å². The van der Waals surface area contributed by atoms with E-state index in [-0.39, 0.29) is 12.5 Å². The zero-order valence-electron chi connectivity index (χ0n) is 12.2. The molecule has 110 valence electrons. The summed E-state index contributed by atoms with van der Waals surface area (Å²) >= 11 is 0. The SMILES string of the molecule is Cn1nc2c(c1-c1ccccc1)CCN(C(=O)CN)CC2. The number of amides is 1. The molecule has 0 radical (unpaired) electrons. The van der Waals surface area contributed by atoms with Gasteiger partial charge in [-0.3, -0.25) is 9.48 Å². The minimum absolute atomic E-state index is 0.0192. The van der Waals surface area contributed by atoms with Crippen LogP contribution < -0.4 is 5.73 Å². The molecule has 1 amide bonds. The first-order valence-electron chi connectivity index (χ1n) is 7.28. The molecule has 1 aromatic carbocycles. The number of rotatable bonds is 2. The predicted octanol–water partition coefficient (Wildman–Crippen LogP) is 0.973. The number of carbonyl (C=O) groups is 1. The lowest BCUT2D eigenvalue weighted by atomic mass is 10.0. The summed E-state index contributed by atoms with van der Waals surface area (Å²) in [5, 5.41) is 4.65. The number of aromatic nitrogens is 2. The van der Waals surface area contributed by atoms with Crippen LogP contribution >= 0.6 is 0 Å². The Morgan fingerprint density at radius 3 is 2.67 bits per heavy atom. The average molecular weight is 284 g/mol. The van der Waals surface area contributed by atoms with Crippen LogP contribution in [0.2, 0.25) is 0 Å². The zero-order chi connectivity index (χ0) is 14.8. The number of aryl methyl sites for hydroxylation is 1. The third kappa shape index (κ3) is 2.56. The summed E-state index contributed by atoms with van der Waals surface area (Å²) in [6, 6.07) is 10.3. The van der Waals surface area contributed by atoms with Crippen LogP contribution in [0.15, 0.2) is 30.3 Å². The van der Waals surface area contributed by atoms with Gasteiger partial charge in [-0.15, -0.1) is 0 Å². The Bertz CT molecular complexity index is 648. The summed E-state index contributed by atoms with van der Waals surface area (Å²) < 4.78 is 1.96. The van der Waals surface area contributed by atoms with Gasteiger partial charge >= 0.3 is 0 Å². The maximum Gasteiger partial charge on any atom is 0.236 e. The van der Waals surface area contributed by atoms with E-state index < -0.39 is 0 Å². The zero-order valence-corrected chi connectivity index (χ0v) is 12.2. The fourth-order valence-corrected chi connectivity index (χ4v) is 3.02. The Balaban J connectivity index is 1.94. The van der Waals surface area contributed by atoms with Crippen molar-refractivity contribution in [1.29, 1.82) is 0 Å². The molecule has 0 saturated heterocycles. The minimum Gasteiger partial charge on any atom is -0.341 e. The number of fused-ring (bicyclic) bond motifs is 1. The van der Waals surface area contributed by atoms with Crippen molar-refractivity contribution in [3.63, 3.8) is 0 Å². The number of nitrogens with two attached hydrogens (primary N) is 1. The van der Waals surface area contributed by atoms with E-state index >= 15 is 0 Å². The molecular weight excluding hydrogens is 264 g/mol. The molecule has 0 spiro atoms. The first kappa shape index (κ1) is 13.8. The summed E-state index contributed by atoms with van der Waals surface area (Å²) in [6.07, 6.45) is 1.63. The molecule has 5 heteroatoms. The largest absolute Gasteiger partial charge is 0.341 e. The van der Waals surface area contributed by atoms with Gasteiger partial charge in [-0.05, 0) is 6.42 Å². The third-order valence-corrected chi connectivity index (χ3v) is 4.05. The van der Waals surface area contributed by atoms with Crippen LogP contribution in [-0.2, 0) is 24.7 Å². The number of carbonyl (C=O) groups excluding carboxylic acids is 1. The molecule has 0 atom stereocenters. The molecule has 2 aromatic rings. The minimum atomic E-state index is 0.0192. The Hall–Kier alpha value is -2.14. The van der Waals surface area contributed by atoms with Crippen LogP contribution in [0, 0.1) is 0 Å².